The van der Waals surface area contributed by atoms with E-state index in [0.29, 0.717) is 0 Å². The van der Waals surface area contributed by atoms with Crippen LogP contribution >= 0.6 is 0 Å². The summed E-state index contributed by atoms with van der Waals surface area (Å²) in [5, 5.41) is 0. The number of pyridine rings is 1. The number of H-pyrrole nitrogens is 1. The number of rotatable bonds is 0. The molecule has 2 aromatic heterocycles. The topological polar surface area (TPSA) is 28.7 Å². The van der Waals surface area contributed by atoms with Crippen molar-refractivity contribution in [2.45, 2.75) is 13.8 Å². The molecule has 0 saturated heterocycles. The third-order valence-electron chi connectivity index (χ3n) is 1.74. The van der Waals surface area contributed by atoms with Crippen molar-refractivity contribution in [2.75, 3.05) is 0 Å². The first-order chi connectivity index (χ1) is 5.25. The lowest BCUT2D eigenvalue weighted by molar-refractivity contribution is 1.29. The predicted octanol–water partition coefficient (Wildman–Crippen LogP) is 2.18. The van der Waals surface area contributed by atoms with Gasteiger partial charge >= 0.3 is 0 Å². The van der Waals surface area contributed by atoms with E-state index < -0.39 is 0 Å². The summed E-state index contributed by atoms with van der Waals surface area (Å²) in [4.78, 5) is 7.51. The lowest BCUT2D eigenvalue weighted by Crippen LogP contribution is -1.76. The Morgan fingerprint density at radius 2 is 2.09 bits per heavy atom. The van der Waals surface area contributed by atoms with Gasteiger partial charge in [0.15, 0.2) is 0 Å². The molecule has 2 heterocycles. The van der Waals surface area contributed by atoms with Crippen LogP contribution in [0.15, 0.2) is 18.3 Å². The fraction of sp³-hybridized carbons (Fsp3) is 0.222. The van der Waals surface area contributed by atoms with Crippen LogP contribution in [-0.2, 0) is 0 Å². The van der Waals surface area contributed by atoms with E-state index in [1.807, 2.05) is 20.0 Å². The molecule has 0 saturated carbocycles. The first kappa shape index (κ1) is 6.40. The van der Waals surface area contributed by atoms with Crippen LogP contribution in [0.2, 0.25) is 0 Å². The first-order valence-electron chi connectivity index (χ1n) is 3.68. The van der Waals surface area contributed by atoms with Crippen LogP contribution in [0.5, 0.6) is 0 Å². The number of nitrogens with one attached hydrogen (secondary N) is 1. The number of hydrogen-bond acceptors (Lipinski definition) is 1. The fourth-order valence-electron chi connectivity index (χ4n) is 1.25. The van der Waals surface area contributed by atoms with Crippen LogP contribution < -0.4 is 0 Å². The molecule has 2 aromatic rings. The Hall–Kier alpha value is -1.31. The van der Waals surface area contributed by atoms with Gasteiger partial charge in [-0.05, 0) is 31.5 Å². The zero-order valence-corrected chi connectivity index (χ0v) is 6.68. The molecule has 0 fully saturated rings. The maximum atomic E-state index is 4.27. The zero-order chi connectivity index (χ0) is 7.84. The number of aryl methyl sites for hydroxylation is 2. The number of hydrogen-bond donors (Lipinski definition) is 1. The highest BCUT2D eigenvalue weighted by Gasteiger charge is 1.96. The van der Waals surface area contributed by atoms with E-state index in [9.17, 15) is 0 Å². The molecular weight excluding hydrogens is 136 g/mol. The Kier molecular flexibility index (Phi) is 1.22. The highest BCUT2D eigenvalue weighted by atomic mass is 14.8. The van der Waals surface area contributed by atoms with Crippen molar-refractivity contribution in [2.24, 2.45) is 0 Å². The SMILES string of the molecule is Cc1cnc2cc(C)[nH]c2c1. The quantitative estimate of drug-likeness (QED) is 0.606. The second kappa shape index (κ2) is 2.09. The van der Waals surface area contributed by atoms with Gasteiger partial charge in [0.05, 0.1) is 11.0 Å². The van der Waals surface area contributed by atoms with Crippen LogP contribution in [0.25, 0.3) is 11.0 Å². The van der Waals surface area contributed by atoms with Crippen molar-refractivity contribution in [1.82, 2.24) is 9.97 Å². The summed E-state index contributed by atoms with van der Waals surface area (Å²) in [6.07, 6.45) is 1.88. The van der Waals surface area contributed by atoms with Crippen LogP contribution in [0.4, 0.5) is 0 Å². The highest BCUT2D eigenvalue weighted by molar-refractivity contribution is 5.76. The Bertz CT molecular complexity index is 387. The van der Waals surface area contributed by atoms with Gasteiger partial charge in [0.25, 0.3) is 0 Å². The summed E-state index contributed by atoms with van der Waals surface area (Å²) in [6.45, 7) is 4.08. The molecule has 11 heavy (non-hydrogen) atoms. The maximum absolute atomic E-state index is 4.27. The Labute approximate surface area is 65.3 Å². The number of aromatic amines is 1. The molecule has 2 heteroatoms. The van der Waals surface area contributed by atoms with Gasteiger partial charge in [-0.25, -0.2) is 0 Å². The van der Waals surface area contributed by atoms with Crippen molar-refractivity contribution in [3.05, 3.63) is 29.6 Å². The predicted molar refractivity (Wildman–Crippen MR) is 45.6 cm³/mol. The average Bonchev–Trinajstić information content (AvgIpc) is 2.27. The lowest BCUT2D eigenvalue weighted by Gasteiger charge is -1.89. The normalized spacial score (nSPS) is 10.7. The molecule has 0 aliphatic heterocycles. The van der Waals surface area contributed by atoms with Crippen LogP contribution in [0.1, 0.15) is 11.3 Å². The molecule has 0 unspecified atom stereocenters. The first-order valence-corrected chi connectivity index (χ1v) is 3.68. The van der Waals surface area contributed by atoms with Gasteiger partial charge in [-0.1, -0.05) is 0 Å². The van der Waals surface area contributed by atoms with E-state index in [4.69, 9.17) is 0 Å². The summed E-state index contributed by atoms with van der Waals surface area (Å²) >= 11 is 0. The molecule has 2 rings (SSSR count). The van der Waals surface area contributed by atoms with E-state index in [-0.39, 0.29) is 0 Å². The van der Waals surface area contributed by atoms with Crippen molar-refractivity contribution in [1.29, 1.82) is 0 Å². The Morgan fingerprint density at radius 3 is 2.91 bits per heavy atom. The summed E-state index contributed by atoms with van der Waals surface area (Å²) in [6, 6.07) is 4.16. The molecule has 0 aliphatic rings. The van der Waals surface area contributed by atoms with Gasteiger partial charge in [0.2, 0.25) is 0 Å². The summed E-state index contributed by atoms with van der Waals surface area (Å²) < 4.78 is 0. The second-order valence-electron chi connectivity index (χ2n) is 2.90. The molecule has 0 amide bonds. The largest absolute Gasteiger partial charge is 0.357 e. The minimum atomic E-state index is 1.05. The smallest absolute Gasteiger partial charge is 0.0881 e. The Morgan fingerprint density at radius 1 is 1.27 bits per heavy atom. The van der Waals surface area contributed by atoms with Crippen molar-refractivity contribution in [3.63, 3.8) is 0 Å². The van der Waals surface area contributed by atoms with Gasteiger partial charge in [-0.15, -0.1) is 0 Å². The lowest BCUT2D eigenvalue weighted by atomic mass is 10.3. The standard InChI is InChI=1S/C9H10N2/c1-6-3-9-8(10-5-6)4-7(2)11-9/h3-5,11H,1-2H3. The monoisotopic (exact) mass is 146 g/mol. The molecule has 1 N–H and O–H groups in total. The second-order valence-corrected chi connectivity index (χ2v) is 2.90. The fourth-order valence-corrected chi connectivity index (χ4v) is 1.25. The van der Waals surface area contributed by atoms with Gasteiger partial charge in [-0.2, -0.15) is 0 Å². The summed E-state index contributed by atoms with van der Waals surface area (Å²) in [7, 11) is 0. The summed E-state index contributed by atoms with van der Waals surface area (Å²) in [5.41, 5.74) is 4.54. The van der Waals surface area contributed by atoms with Gasteiger partial charge in [-0.3, -0.25) is 4.98 Å². The van der Waals surface area contributed by atoms with E-state index in [0.717, 1.165) is 16.7 Å². The van der Waals surface area contributed by atoms with Crippen LogP contribution in [0, 0.1) is 13.8 Å². The minimum Gasteiger partial charge on any atom is -0.357 e. The third-order valence-corrected chi connectivity index (χ3v) is 1.74. The molecule has 56 valence electrons. The summed E-state index contributed by atoms with van der Waals surface area (Å²) in [5.74, 6) is 0. The number of fused-ring (bicyclic) bond motifs is 1. The van der Waals surface area contributed by atoms with E-state index in [1.165, 1.54) is 5.56 Å². The molecule has 0 spiro atoms. The van der Waals surface area contributed by atoms with E-state index >= 15 is 0 Å². The molecule has 0 aliphatic carbocycles. The molecule has 0 bridgehead atoms. The van der Waals surface area contributed by atoms with Crippen molar-refractivity contribution >= 4 is 11.0 Å². The highest BCUT2D eigenvalue weighted by Crippen LogP contribution is 2.12. The average molecular weight is 146 g/mol. The zero-order valence-electron chi connectivity index (χ0n) is 6.68. The number of nitrogens with zero attached hydrogens (tertiary/aromatic N) is 1. The van der Waals surface area contributed by atoms with Gasteiger partial charge in [0, 0.05) is 11.9 Å². The molecular formula is C9H10N2. The maximum Gasteiger partial charge on any atom is 0.0881 e. The molecule has 2 nitrogen and oxygen atoms in total. The Balaban J connectivity index is 2.82. The minimum absolute atomic E-state index is 1.05. The molecule has 0 atom stereocenters. The molecule has 0 radical (unpaired) electrons. The van der Waals surface area contributed by atoms with E-state index in [1.54, 1.807) is 0 Å². The third kappa shape index (κ3) is 1.00. The molecule has 0 aromatic carbocycles. The van der Waals surface area contributed by atoms with Crippen LogP contribution in [0.3, 0.4) is 0 Å². The van der Waals surface area contributed by atoms with E-state index in [2.05, 4.69) is 22.1 Å². The van der Waals surface area contributed by atoms with Gasteiger partial charge < -0.3 is 4.98 Å². The van der Waals surface area contributed by atoms with Crippen molar-refractivity contribution < 1.29 is 0 Å². The van der Waals surface area contributed by atoms with Gasteiger partial charge in [0.1, 0.15) is 0 Å². The number of aromatic nitrogens is 2. The van der Waals surface area contributed by atoms with Crippen molar-refractivity contribution in [3.8, 4) is 0 Å². The van der Waals surface area contributed by atoms with Crippen LogP contribution in [-0.4, -0.2) is 9.97 Å².